The molecule has 6 heteroatoms. The number of carbonyl (C=O) groups is 2. The molecule has 1 N–H and O–H groups in total. The Labute approximate surface area is 219 Å². The Hall–Kier alpha value is -3.80. The van der Waals surface area contributed by atoms with E-state index in [2.05, 4.69) is 5.32 Å². The molecule has 194 valence electrons. The highest BCUT2D eigenvalue weighted by Gasteiger charge is 2.32. The molecule has 37 heavy (non-hydrogen) atoms. The maximum atomic E-state index is 13.7. The molecule has 1 aliphatic rings. The van der Waals surface area contributed by atoms with Gasteiger partial charge < -0.3 is 19.7 Å². The highest BCUT2D eigenvalue weighted by molar-refractivity contribution is 5.88. The minimum atomic E-state index is -0.658. The Morgan fingerprint density at radius 3 is 2.24 bits per heavy atom. The van der Waals surface area contributed by atoms with Crippen LogP contribution < -0.4 is 14.8 Å². The summed E-state index contributed by atoms with van der Waals surface area (Å²) in [4.78, 5) is 29.1. The van der Waals surface area contributed by atoms with Crippen LogP contribution in [-0.4, -0.2) is 42.5 Å². The molecule has 2 amide bonds. The van der Waals surface area contributed by atoms with Gasteiger partial charge in [-0.15, -0.1) is 0 Å². The van der Waals surface area contributed by atoms with E-state index in [0.717, 1.165) is 42.4 Å². The second kappa shape index (κ2) is 12.9. The van der Waals surface area contributed by atoms with E-state index in [1.54, 1.807) is 36.3 Å². The second-order valence-electron chi connectivity index (χ2n) is 9.61. The second-order valence-corrected chi connectivity index (χ2v) is 9.61. The third-order valence-electron chi connectivity index (χ3n) is 7.00. The third-order valence-corrected chi connectivity index (χ3v) is 7.00. The number of hydrogen-bond donors (Lipinski definition) is 1. The summed E-state index contributed by atoms with van der Waals surface area (Å²) in [5.74, 6) is 0.940. The van der Waals surface area contributed by atoms with Crippen molar-refractivity contribution in [1.29, 1.82) is 0 Å². The summed E-state index contributed by atoms with van der Waals surface area (Å²) in [5.41, 5.74) is 3.09. The zero-order valence-electron chi connectivity index (χ0n) is 21.7. The van der Waals surface area contributed by atoms with Crippen LogP contribution in [0.1, 0.15) is 42.4 Å². The zero-order valence-corrected chi connectivity index (χ0v) is 21.7. The molecule has 4 rings (SSSR count). The summed E-state index contributed by atoms with van der Waals surface area (Å²) < 4.78 is 11.1. The normalized spacial score (nSPS) is 14.1. The van der Waals surface area contributed by atoms with Crippen LogP contribution in [0, 0.1) is 6.92 Å². The number of ether oxygens (including phenoxy) is 2. The van der Waals surface area contributed by atoms with E-state index in [-0.39, 0.29) is 24.5 Å². The molecule has 3 aromatic rings. The number of nitrogens with one attached hydrogen (secondary N) is 1. The van der Waals surface area contributed by atoms with Crippen LogP contribution in [0.4, 0.5) is 0 Å². The zero-order chi connectivity index (χ0) is 26.0. The van der Waals surface area contributed by atoms with Crippen LogP contribution >= 0.6 is 0 Å². The van der Waals surface area contributed by atoms with Crippen LogP contribution in [0.25, 0.3) is 0 Å². The summed E-state index contributed by atoms with van der Waals surface area (Å²) in [7, 11) is 1.60. The first-order valence-electron chi connectivity index (χ1n) is 13.0. The molecule has 0 bridgehead atoms. The number of aryl methyl sites for hydroxylation is 1. The fraction of sp³-hybridized carbons (Fsp3) is 0.355. The topological polar surface area (TPSA) is 67.9 Å². The van der Waals surface area contributed by atoms with E-state index < -0.39 is 6.04 Å². The van der Waals surface area contributed by atoms with Crippen molar-refractivity contribution in [2.75, 3.05) is 13.7 Å². The van der Waals surface area contributed by atoms with E-state index in [9.17, 15) is 9.59 Å². The summed E-state index contributed by atoms with van der Waals surface area (Å²) >= 11 is 0. The molecular formula is C31H36N2O4. The van der Waals surface area contributed by atoms with Crippen molar-refractivity contribution in [2.24, 2.45) is 0 Å². The average molecular weight is 501 g/mol. The van der Waals surface area contributed by atoms with Gasteiger partial charge in [0.1, 0.15) is 17.5 Å². The fourth-order valence-electron chi connectivity index (χ4n) is 4.79. The van der Waals surface area contributed by atoms with Gasteiger partial charge in [0.05, 0.1) is 7.11 Å². The maximum Gasteiger partial charge on any atom is 0.261 e. The lowest BCUT2D eigenvalue weighted by molar-refractivity contribution is -0.143. The summed E-state index contributed by atoms with van der Waals surface area (Å²) in [6, 6.07) is 24.5. The van der Waals surface area contributed by atoms with Gasteiger partial charge in [-0.2, -0.15) is 0 Å². The lowest BCUT2D eigenvalue weighted by atomic mass is 10.0. The number of nitrogens with zero attached hydrogens (tertiary/aromatic N) is 1. The molecule has 0 saturated heterocycles. The largest absolute Gasteiger partial charge is 0.497 e. The van der Waals surface area contributed by atoms with Gasteiger partial charge in [-0.25, -0.2) is 0 Å². The van der Waals surface area contributed by atoms with Crippen LogP contribution in [0.2, 0.25) is 0 Å². The molecule has 0 radical (unpaired) electrons. The Kier molecular flexibility index (Phi) is 9.19. The van der Waals surface area contributed by atoms with Gasteiger partial charge in [0, 0.05) is 19.0 Å². The van der Waals surface area contributed by atoms with Crippen molar-refractivity contribution >= 4 is 11.8 Å². The van der Waals surface area contributed by atoms with E-state index in [0.29, 0.717) is 24.5 Å². The van der Waals surface area contributed by atoms with E-state index >= 15 is 0 Å². The first-order chi connectivity index (χ1) is 18.0. The Bertz CT molecular complexity index is 1160. The molecule has 6 nitrogen and oxygen atoms in total. The van der Waals surface area contributed by atoms with Crippen LogP contribution in [0.5, 0.6) is 11.5 Å². The summed E-state index contributed by atoms with van der Waals surface area (Å²) in [6.45, 7) is 2.18. The van der Waals surface area contributed by atoms with Gasteiger partial charge in [-0.1, -0.05) is 67.4 Å². The molecular weight excluding hydrogens is 464 g/mol. The van der Waals surface area contributed by atoms with Crippen LogP contribution in [-0.2, 0) is 22.6 Å². The smallest absolute Gasteiger partial charge is 0.261 e. The van der Waals surface area contributed by atoms with Crippen molar-refractivity contribution in [1.82, 2.24) is 10.2 Å². The molecule has 3 aromatic carbocycles. The fourth-order valence-corrected chi connectivity index (χ4v) is 4.79. The molecule has 0 heterocycles. The van der Waals surface area contributed by atoms with Crippen LogP contribution in [0.15, 0.2) is 78.9 Å². The SMILES string of the molecule is COc1ccc(OCC(=O)N(Cc2ccccc2C)[C@@H](Cc2ccccc2)C(=O)NC2CCCC2)cc1. The van der Waals surface area contributed by atoms with Gasteiger partial charge >= 0.3 is 0 Å². The maximum absolute atomic E-state index is 13.7. The monoisotopic (exact) mass is 500 g/mol. The van der Waals surface area contributed by atoms with Crippen molar-refractivity contribution in [3.63, 3.8) is 0 Å². The standard InChI is InChI=1S/C31H36N2O4/c1-23-10-6-7-13-25(23)21-33(30(34)22-37-28-18-16-27(36-2)17-19-28)29(20-24-11-4-3-5-12-24)31(35)32-26-14-8-9-15-26/h3-7,10-13,16-19,26,29H,8-9,14-15,20-22H2,1-2H3,(H,32,35)/t29-/m0/s1. The third kappa shape index (κ3) is 7.35. The predicted molar refractivity (Wildman–Crippen MR) is 145 cm³/mol. The molecule has 0 spiro atoms. The first-order valence-corrected chi connectivity index (χ1v) is 13.0. The quantitative estimate of drug-likeness (QED) is 0.399. The van der Waals surface area contributed by atoms with Crippen LogP contribution in [0.3, 0.4) is 0 Å². The van der Waals surface area contributed by atoms with Gasteiger partial charge in [0.15, 0.2) is 6.61 Å². The lowest BCUT2D eigenvalue weighted by Crippen LogP contribution is -2.53. The van der Waals surface area contributed by atoms with Crippen molar-refractivity contribution in [2.45, 2.75) is 57.7 Å². The minimum Gasteiger partial charge on any atom is -0.497 e. The molecule has 0 aromatic heterocycles. The highest BCUT2D eigenvalue weighted by Crippen LogP contribution is 2.22. The number of hydrogen-bond acceptors (Lipinski definition) is 4. The van der Waals surface area contributed by atoms with Crippen molar-refractivity contribution in [3.8, 4) is 11.5 Å². The van der Waals surface area contributed by atoms with Gasteiger partial charge in [-0.3, -0.25) is 9.59 Å². The van der Waals surface area contributed by atoms with E-state index in [1.165, 1.54) is 0 Å². The highest BCUT2D eigenvalue weighted by atomic mass is 16.5. The van der Waals surface area contributed by atoms with Crippen molar-refractivity contribution in [3.05, 3.63) is 95.6 Å². The first kappa shape index (κ1) is 26.3. The van der Waals surface area contributed by atoms with Gasteiger partial charge in [0.25, 0.3) is 5.91 Å². The molecule has 1 atom stereocenters. The van der Waals surface area contributed by atoms with Crippen molar-refractivity contribution < 1.29 is 19.1 Å². The molecule has 1 fully saturated rings. The minimum absolute atomic E-state index is 0.109. The Morgan fingerprint density at radius 2 is 1.57 bits per heavy atom. The average Bonchev–Trinajstić information content (AvgIpc) is 3.44. The number of amides is 2. The molecule has 1 saturated carbocycles. The number of methoxy groups -OCH3 is 1. The molecule has 0 unspecified atom stereocenters. The molecule has 0 aliphatic heterocycles. The predicted octanol–water partition coefficient (Wildman–Crippen LogP) is 5.08. The summed E-state index contributed by atoms with van der Waals surface area (Å²) in [5, 5.41) is 3.23. The Balaban J connectivity index is 1.60. The van der Waals surface area contributed by atoms with E-state index in [1.807, 2.05) is 61.5 Å². The Morgan fingerprint density at radius 1 is 0.919 bits per heavy atom. The van der Waals surface area contributed by atoms with Gasteiger partial charge in [0.2, 0.25) is 5.91 Å². The van der Waals surface area contributed by atoms with E-state index in [4.69, 9.17) is 9.47 Å². The number of benzene rings is 3. The number of carbonyl (C=O) groups excluding carboxylic acids is 2. The van der Waals surface area contributed by atoms with Gasteiger partial charge in [-0.05, 0) is 60.7 Å². The number of rotatable bonds is 11. The lowest BCUT2D eigenvalue weighted by Gasteiger charge is -2.32. The molecule has 1 aliphatic carbocycles. The summed E-state index contributed by atoms with van der Waals surface area (Å²) in [6.07, 6.45) is 4.64.